The molecular weight excluding hydrogens is 536 g/mol. The second-order valence-electron chi connectivity index (χ2n) is 11.0. The predicted octanol–water partition coefficient (Wildman–Crippen LogP) is 12.1. The number of rotatable bonds is 4. The summed E-state index contributed by atoms with van der Waals surface area (Å²) in [5, 5.41) is 3.11. The van der Waals surface area contributed by atoms with Crippen molar-refractivity contribution < 1.29 is 8.83 Å². The maximum absolute atomic E-state index is 6.29. The molecule has 0 N–H and O–H groups in total. The number of hydrogen-bond donors (Lipinski definition) is 0. The maximum Gasteiger partial charge on any atom is 0.138 e. The van der Waals surface area contributed by atoms with Gasteiger partial charge in [0.1, 0.15) is 16.7 Å². The fourth-order valence-electron chi connectivity index (χ4n) is 5.94. The van der Waals surface area contributed by atoms with Crippen molar-refractivity contribution in [3.05, 3.63) is 170 Å². The third-order valence-electron chi connectivity index (χ3n) is 8.21. The average Bonchev–Trinajstić information content (AvgIpc) is 3.48. The van der Waals surface area contributed by atoms with Gasteiger partial charge in [-0.3, -0.25) is 0 Å². The second-order valence-corrected chi connectivity index (χ2v) is 11.0. The summed E-state index contributed by atoms with van der Waals surface area (Å²) < 4.78 is 12.4. The fraction of sp³-hybridized carbons (Fsp3) is 0. The van der Waals surface area contributed by atoms with Gasteiger partial charge in [-0.2, -0.15) is 0 Å². The first-order valence-electron chi connectivity index (χ1n) is 14.8. The lowest BCUT2D eigenvalue weighted by atomic mass is 9.98. The second kappa shape index (κ2) is 11.1. The maximum atomic E-state index is 6.29. The molecule has 0 amide bonds. The van der Waals surface area contributed by atoms with E-state index in [-0.39, 0.29) is 0 Å². The summed E-state index contributed by atoms with van der Waals surface area (Å²) in [6, 6.07) is 57.3. The van der Waals surface area contributed by atoms with Crippen LogP contribution in [0.5, 0.6) is 0 Å². The smallest absolute Gasteiger partial charge is 0.138 e. The normalized spacial score (nSPS) is 11.2. The highest BCUT2D eigenvalue weighted by Crippen LogP contribution is 2.34. The van der Waals surface area contributed by atoms with Crippen LogP contribution in [0, 0.1) is 0 Å². The van der Waals surface area contributed by atoms with Crippen LogP contribution in [0.15, 0.2) is 179 Å². The van der Waals surface area contributed by atoms with Gasteiger partial charge in [0.05, 0.1) is 6.26 Å². The van der Waals surface area contributed by atoms with Crippen molar-refractivity contribution in [1.82, 2.24) is 0 Å². The molecule has 0 fully saturated rings. The van der Waals surface area contributed by atoms with E-state index >= 15 is 0 Å². The number of furan rings is 1. The number of fused-ring (bicyclic) bond motifs is 4. The summed E-state index contributed by atoms with van der Waals surface area (Å²) >= 11 is 0. The Bertz CT molecular complexity index is 2320. The molecule has 2 heteroatoms. The molecule has 8 rings (SSSR count). The lowest BCUT2D eigenvalue weighted by Gasteiger charge is -2.07. The Hall–Kier alpha value is -5.86. The monoisotopic (exact) mass is 564 g/mol. The van der Waals surface area contributed by atoms with Gasteiger partial charge in [-0.15, -0.1) is 0 Å². The van der Waals surface area contributed by atoms with Crippen molar-refractivity contribution in [1.29, 1.82) is 0 Å². The molecule has 0 saturated heterocycles. The molecule has 0 aliphatic rings. The van der Waals surface area contributed by atoms with Crippen LogP contribution in [0.1, 0.15) is 0 Å². The van der Waals surface area contributed by atoms with E-state index in [1.807, 2.05) is 24.3 Å². The molecular formula is C42H28O2. The van der Waals surface area contributed by atoms with E-state index in [0.717, 1.165) is 49.6 Å². The fourth-order valence-corrected chi connectivity index (χ4v) is 5.94. The van der Waals surface area contributed by atoms with Gasteiger partial charge in [-0.05, 0) is 87.0 Å². The molecule has 2 aromatic heterocycles. The van der Waals surface area contributed by atoms with Crippen molar-refractivity contribution in [2.45, 2.75) is 0 Å². The van der Waals surface area contributed by atoms with Crippen molar-refractivity contribution in [3.8, 4) is 44.5 Å². The Labute approximate surface area is 255 Å². The summed E-state index contributed by atoms with van der Waals surface area (Å²) in [6.45, 7) is 0. The Morgan fingerprint density at radius 2 is 0.795 bits per heavy atom. The van der Waals surface area contributed by atoms with Gasteiger partial charge in [-0.1, -0.05) is 115 Å². The third kappa shape index (κ3) is 4.93. The van der Waals surface area contributed by atoms with Gasteiger partial charge in [0.25, 0.3) is 0 Å². The van der Waals surface area contributed by atoms with Crippen LogP contribution in [0.3, 0.4) is 0 Å². The molecule has 2 heterocycles. The molecule has 2 nitrogen and oxygen atoms in total. The molecule has 0 spiro atoms. The minimum absolute atomic E-state index is 0.773. The van der Waals surface area contributed by atoms with Crippen LogP contribution in [0.4, 0.5) is 0 Å². The first-order valence-corrected chi connectivity index (χ1v) is 14.8. The molecule has 0 aliphatic carbocycles. The molecule has 8 aromatic rings. The van der Waals surface area contributed by atoms with Crippen LogP contribution >= 0.6 is 0 Å². The van der Waals surface area contributed by atoms with E-state index < -0.39 is 0 Å². The topological polar surface area (TPSA) is 26.3 Å². The molecule has 44 heavy (non-hydrogen) atoms. The first-order chi connectivity index (χ1) is 21.8. The van der Waals surface area contributed by atoms with Crippen LogP contribution in [-0.4, -0.2) is 0 Å². The molecule has 6 aromatic carbocycles. The predicted molar refractivity (Wildman–Crippen MR) is 183 cm³/mol. The van der Waals surface area contributed by atoms with Crippen LogP contribution < -0.4 is 0 Å². The standard InChI is InChI=1S/C42H28O2/c1-3-9-29(10-4-1)31-13-7-15-33(25-31)35-18-21-40-37(27-35)17-20-38-39-28-36(19-22-41(39)44-42(38)23-24-43-40)34-16-8-14-32(26-34)30-11-5-2-6-12-30/h1-28H. The SMILES string of the molecule is c1ccc(-c2cccc(-c3ccc4occc5oc6ccc(-c7cccc(-c8ccccc8)c7)cc6c5ccc4c3)c2)cc1. The molecule has 208 valence electrons. The molecule has 0 radical (unpaired) electrons. The summed E-state index contributed by atoms with van der Waals surface area (Å²) in [5.74, 6) is 0. The van der Waals surface area contributed by atoms with Crippen LogP contribution in [0.2, 0.25) is 0 Å². The Balaban J connectivity index is 1.23. The van der Waals surface area contributed by atoms with Crippen molar-refractivity contribution in [2.24, 2.45) is 0 Å². The molecule has 0 saturated carbocycles. The zero-order chi connectivity index (χ0) is 29.3. The first kappa shape index (κ1) is 25.8. The Morgan fingerprint density at radius 1 is 0.295 bits per heavy atom. The van der Waals surface area contributed by atoms with E-state index in [0.29, 0.717) is 0 Å². The summed E-state index contributed by atoms with van der Waals surface area (Å²) in [6.07, 6.45) is 1.72. The highest BCUT2D eigenvalue weighted by molar-refractivity contribution is 6.06. The average molecular weight is 565 g/mol. The van der Waals surface area contributed by atoms with Crippen LogP contribution in [0.25, 0.3) is 77.4 Å². The van der Waals surface area contributed by atoms with Crippen molar-refractivity contribution in [2.75, 3.05) is 0 Å². The third-order valence-corrected chi connectivity index (χ3v) is 8.21. The van der Waals surface area contributed by atoms with Crippen molar-refractivity contribution in [3.63, 3.8) is 0 Å². The van der Waals surface area contributed by atoms with Gasteiger partial charge in [0.2, 0.25) is 0 Å². The van der Waals surface area contributed by atoms with Gasteiger partial charge in [-0.25, -0.2) is 0 Å². The number of hydrogen-bond acceptors (Lipinski definition) is 2. The molecule has 0 aliphatic heterocycles. The van der Waals surface area contributed by atoms with E-state index in [2.05, 4.69) is 140 Å². The van der Waals surface area contributed by atoms with E-state index in [9.17, 15) is 0 Å². The minimum atomic E-state index is 0.773. The van der Waals surface area contributed by atoms with Crippen LogP contribution in [-0.2, 0) is 0 Å². The summed E-state index contributed by atoms with van der Waals surface area (Å²) in [4.78, 5) is 0. The van der Waals surface area contributed by atoms with Gasteiger partial charge < -0.3 is 8.83 Å². The number of benzene rings is 6. The summed E-state index contributed by atoms with van der Waals surface area (Å²) in [5.41, 5.74) is 11.8. The largest absolute Gasteiger partial charge is 0.464 e. The highest BCUT2D eigenvalue weighted by Gasteiger charge is 2.09. The zero-order valence-electron chi connectivity index (χ0n) is 24.0. The summed E-state index contributed by atoms with van der Waals surface area (Å²) in [7, 11) is 0. The lowest BCUT2D eigenvalue weighted by Crippen LogP contribution is -1.81. The Morgan fingerprint density at radius 3 is 1.43 bits per heavy atom. The van der Waals surface area contributed by atoms with E-state index in [1.54, 1.807) is 6.26 Å². The van der Waals surface area contributed by atoms with Gasteiger partial charge in [0, 0.05) is 22.2 Å². The highest BCUT2D eigenvalue weighted by atomic mass is 16.3. The lowest BCUT2D eigenvalue weighted by molar-refractivity contribution is 0.603. The van der Waals surface area contributed by atoms with Crippen molar-refractivity contribution >= 4 is 32.9 Å². The van der Waals surface area contributed by atoms with Gasteiger partial charge >= 0.3 is 0 Å². The van der Waals surface area contributed by atoms with Gasteiger partial charge in [0.15, 0.2) is 0 Å². The quantitative estimate of drug-likeness (QED) is 0.212. The minimum Gasteiger partial charge on any atom is -0.464 e. The molecule has 0 unspecified atom stereocenters. The molecule has 0 atom stereocenters. The zero-order valence-corrected chi connectivity index (χ0v) is 24.0. The molecule has 0 bridgehead atoms. The van der Waals surface area contributed by atoms with E-state index in [1.165, 1.54) is 27.8 Å². The Kier molecular flexibility index (Phi) is 6.51. The van der Waals surface area contributed by atoms with E-state index in [4.69, 9.17) is 8.83 Å².